The predicted octanol–water partition coefficient (Wildman–Crippen LogP) is 1.05. The molecule has 6 heteroatoms. The van der Waals surface area contributed by atoms with Crippen LogP contribution in [0.25, 0.3) is 0 Å². The van der Waals surface area contributed by atoms with Crippen LogP contribution in [0.2, 0.25) is 0 Å². The highest BCUT2D eigenvalue weighted by atomic mass is 32.2. The van der Waals surface area contributed by atoms with E-state index >= 15 is 0 Å². The molecule has 0 aromatic carbocycles. The second kappa shape index (κ2) is 4.94. The molecule has 2 aliphatic rings. The van der Waals surface area contributed by atoms with Crippen molar-refractivity contribution in [3.63, 3.8) is 0 Å². The maximum atomic E-state index is 12.5. The van der Waals surface area contributed by atoms with E-state index in [-0.39, 0.29) is 17.1 Å². The molecule has 0 bridgehead atoms. The first-order valence-electron chi connectivity index (χ1n) is 6.38. The van der Waals surface area contributed by atoms with Gasteiger partial charge in [-0.3, -0.25) is 5.41 Å². The van der Waals surface area contributed by atoms with Gasteiger partial charge in [-0.25, -0.2) is 8.42 Å². The summed E-state index contributed by atoms with van der Waals surface area (Å²) in [6.07, 6.45) is 6.19. The van der Waals surface area contributed by atoms with E-state index in [1.165, 1.54) is 4.31 Å². The third-order valence-electron chi connectivity index (χ3n) is 3.86. The van der Waals surface area contributed by atoms with E-state index in [4.69, 9.17) is 11.1 Å². The average molecular weight is 259 g/mol. The number of nitrogens with zero attached hydrogens (tertiary/aromatic N) is 1. The summed E-state index contributed by atoms with van der Waals surface area (Å²) in [7, 11) is -3.24. The summed E-state index contributed by atoms with van der Waals surface area (Å²) in [5.74, 6) is -0.0121. The van der Waals surface area contributed by atoms with Crippen molar-refractivity contribution in [1.29, 1.82) is 5.41 Å². The Morgan fingerprint density at radius 1 is 1.12 bits per heavy atom. The summed E-state index contributed by atoms with van der Waals surface area (Å²) in [6.45, 7) is 0.531. The number of nitrogens with one attached hydrogen (secondary N) is 1. The van der Waals surface area contributed by atoms with Gasteiger partial charge >= 0.3 is 0 Å². The molecule has 0 aromatic rings. The van der Waals surface area contributed by atoms with Gasteiger partial charge in [0.15, 0.2) is 0 Å². The third-order valence-corrected chi connectivity index (χ3v) is 6.27. The quantitative estimate of drug-likeness (QED) is 0.586. The summed E-state index contributed by atoms with van der Waals surface area (Å²) in [5.41, 5.74) is 5.49. The smallest absolute Gasteiger partial charge is 0.217 e. The van der Waals surface area contributed by atoms with E-state index in [0.717, 1.165) is 38.5 Å². The normalized spacial score (nSPS) is 28.4. The van der Waals surface area contributed by atoms with Crippen LogP contribution in [0.4, 0.5) is 0 Å². The summed E-state index contributed by atoms with van der Waals surface area (Å²) >= 11 is 0. The number of hydrogen-bond acceptors (Lipinski definition) is 3. The fourth-order valence-electron chi connectivity index (χ4n) is 2.91. The molecule has 1 unspecified atom stereocenters. The fourth-order valence-corrected chi connectivity index (χ4v) is 5.18. The van der Waals surface area contributed by atoms with E-state index in [0.29, 0.717) is 13.0 Å². The van der Waals surface area contributed by atoms with Crippen molar-refractivity contribution in [2.45, 2.75) is 56.2 Å². The first-order chi connectivity index (χ1) is 8.03. The van der Waals surface area contributed by atoms with Crippen LogP contribution < -0.4 is 5.73 Å². The minimum Gasteiger partial charge on any atom is -0.386 e. The first-order valence-corrected chi connectivity index (χ1v) is 7.88. The molecule has 1 aliphatic carbocycles. The van der Waals surface area contributed by atoms with Crippen LogP contribution in [0.3, 0.4) is 0 Å². The van der Waals surface area contributed by atoms with Crippen LogP contribution in [0, 0.1) is 5.41 Å². The van der Waals surface area contributed by atoms with Crippen molar-refractivity contribution < 1.29 is 8.42 Å². The maximum absolute atomic E-state index is 12.5. The number of rotatable bonds is 3. The SMILES string of the molecule is N=C(N)C1CCCN1S(=O)(=O)C1CCCCC1. The number of nitrogens with two attached hydrogens (primary N) is 1. The fraction of sp³-hybridized carbons (Fsp3) is 0.909. The van der Waals surface area contributed by atoms with Gasteiger partial charge in [0.05, 0.1) is 11.3 Å². The average Bonchev–Trinajstić information content (AvgIpc) is 2.80. The Balaban J connectivity index is 2.16. The molecule has 0 radical (unpaired) electrons. The Labute approximate surface area is 103 Å². The standard InChI is InChI=1S/C11H21N3O2S/c12-11(13)10-7-4-8-14(10)17(15,16)9-5-2-1-3-6-9/h9-10H,1-8H2,(H3,12,13). The largest absolute Gasteiger partial charge is 0.386 e. The van der Waals surface area contributed by atoms with Gasteiger partial charge in [-0.1, -0.05) is 19.3 Å². The minimum atomic E-state index is -3.24. The Morgan fingerprint density at radius 2 is 1.76 bits per heavy atom. The van der Waals surface area contributed by atoms with Crippen molar-refractivity contribution in [1.82, 2.24) is 4.31 Å². The van der Waals surface area contributed by atoms with E-state index < -0.39 is 10.0 Å². The van der Waals surface area contributed by atoms with Crippen molar-refractivity contribution >= 4 is 15.9 Å². The molecule has 1 atom stereocenters. The highest BCUT2D eigenvalue weighted by Gasteiger charge is 2.40. The number of amidine groups is 1. The molecule has 17 heavy (non-hydrogen) atoms. The van der Waals surface area contributed by atoms with E-state index in [1.54, 1.807) is 0 Å². The third kappa shape index (κ3) is 2.47. The Morgan fingerprint density at radius 3 is 2.35 bits per heavy atom. The van der Waals surface area contributed by atoms with Crippen LogP contribution in [-0.4, -0.2) is 36.4 Å². The Kier molecular flexibility index (Phi) is 3.73. The first kappa shape index (κ1) is 12.8. The van der Waals surface area contributed by atoms with Gasteiger partial charge in [-0.05, 0) is 25.7 Å². The van der Waals surface area contributed by atoms with E-state index in [2.05, 4.69) is 0 Å². The zero-order valence-corrected chi connectivity index (χ0v) is 10.9. The summed E-state index contributed by atoms with van der Waals surface area (Å²) in [5, 5.41) is 7.25. The molecule has 5 nitrogen and oxygen atoms in total. The minimum absolute atomic E-state index is 0.0121. The molecule has 0 aromatic heterocycles. The van der Waals surface area contributed by atoms with Gasteiger partial charge in [0.2, 0.25) is 10.0 Å². The molecule has 3 N–H and O–H groups in total. The maximum Gasteiger partial charge on any atom is 0.217 e. The van der Waals surface area contributed by atoms with E-state index in [1.807, 2.05) is 0 Å². The van der Waals surface area contributed by atoms with Crippen LogP contribution in [-0.2, 0) is 10.0 Å². The molecule has 2 fully saturated rings. The second-order valence-electron chi connectivity index (χ2n) is 5.03. The zero-order chi connectivity index (χ0) is 12.5. The predicted molar refractivity (Wildman–Crippen MR) is 67.4 cm³/mol. The molecule has 1 heterocycles. The van der Waals surface area contributed by atoms with Crippen LogP contribution >= 0.6 is 0 Å². The lowest BCUT2D eigenvalue weighted by Crippen LogP contribution is -2.47. The molecular formula is C11H21N3O2S. The monoisotopic (exact) mass is 259 g/mol. The van der Waals surface area contributed by atoms with Crippen LogP contribution in [0.1, 0.15) is 44.9 Å². The zero-order valence-electron chi connectivity index (χ0n) is 10.1. The Hall–Kier alpha value is -0.620. The van der Waals surface area contributed by atoms with Gasteiger partial charge in [0.1, 0.15) is 5.84 Å². The topological polar surface area (TPSA) is 87.2 Å². The van der Waals surface area contributed by atoms with Crippen molar-refractivity contribution in [3.8, 4) is 0 Å². The summed E-state index contributed by atoms with van der Waals surface area (Å²) < 4.78 is 26.4. The molecule has 1 aliphatic heterocycles. The molecule has 2 rings (SSSR count). The molecule has 1 saturated carbocycles. The van der Waals surface area contributed by atoms with Gasteiger partial charge in [0.25, 0.3) is 0 Å². The van der Waals surface area contributed by atoms with Crippen molar-refractivity contribution in [3.05, 3.63) is 0 Å². The lowest BCUT2D eigenvalue weighted by Gasteiger charge is -2.30. The van der Waals surface area contributed by atoms with Crippen molar-refractivity contribution in [2.24, 2.45) is 5.73 Å². The lowest BCUT2D eigenvalue weighted by atomic mass is 10.0. The lowest BCUT2D eigenvalue weighted by molar-refractivity contribution is 0.408. The number of hydrogen-bond donors (Lipinski definition) is 2. The molecule has 98 valence electrons. The number of sulfonamides is 1. The van der Waals surface area contributed by atoms with Crippen LogP contribution in [0.5, 0.6) is 0 Å². The summed E-state index contributed by atoms with van der Waals surface area (Å²) in [4.78, 5) is 0. The molecule has 0 amide bonds. The molecular weight excluding hydrogens is 238 g/mol. The van der Waals surface area contributed by atoms with Gasteiger partial charge in [-0.15, -0.1) is 0 Å². The van der Waals surface area contributed by atoms with Crippen molar-refractivity contribution in [2.75, 3.05) is 6.54 Å². The second-order valence-corrected chi connectivity index (χ2v) is 7.19. The van der Waals surface area contributed by atoms with Gasteiger partial charge in [-0.2, -0.15) is 4.31 Å². The highest BCUT2D eigenvalue weighted by Crippen LogP contribution is 2.30. The van der Waals surface area contributed by atoms with Gasteiger partial charge < -0.3 is 5.73 Å². The van der Waals surface area contributed by atoms with Crippen LogP contribution in [0.15, 0.2) is 0 Å². The molecule has 0 spiro atoms. The highest BCUT2D eigenvalue weighted by molar-refractivity contribution is 7.89. The molecule has 1 saturated heterocycles. The Bertz CT molecular complexity index is 388. The summed E-state index contributed by atoms with van der Waals surface area (Å²) in [6, 6.07) is -0.387. The van der Waals surface area contributed by atoms with E-state index in [9.17, 15) is 8.42 Å². The van der Waals surface area contributed by atoms with Gasteiger partial charge in [0, 0.05) is 6.54 Å².